The number of nitrogens with zero attached hydrogens (tertiary/aromatic N) is 3. The van der Waals surface area contributed by atoms with Crippen LogP contribution in [0.15, 0.2) is 4.42 Å². The molecule has 5 nitrogen and oxygen atoms in total. The van der Waals surface area contributed by atoms with E-state index in [2.05, 4.69) is 55.0 Å². The van der Waals surface area contributed by atoms with Gasteiger partial charge < -0.3 is 9.73 Å². The van der Waals surface area contributed by atoms with Crippen molar-refractivity contribution in [3.8, 4) is 0 Å². The molecule has 0 amide bonds. The van der Waals surface area contributed by atoms with E-state index in [1.165, 1.54) is 0 Å². The second kappa shape index (κ2) is 4.97. The van der Waals surface area contributed by atoms with E-state index < -0.39 is 0 Å². The molecule has 2 unspecified atom stereocenters. The zero-order chi connectivity index (χ0) is 13.3. The van der Waals surface area contributed by atoms with Crippen LogP contribution in [0.25, 0.3) is 0 Å². The van der Waals surface area contributed by atoms with Crippen LogP contribution < -0.4 is 5.32 Å². The van der Waals surface area contributed by atoms with Crippen LogP contribution in [0.3, 0.4) is 0 Å². The molecule has 1 saturated heterocycles. The number of hydrogen-bond donors (Lipinski definition) is 1. The summed E-state index contributed by atoms with van der Waals surface area (Å²) in [4.78, 5) is 2.39. The highest BCUT2D eigenvalue weighted by Crippen LogP contribution is 2.21. The fourth-order valence-corrected chi connectivity index (χ4v) is 2.11. The average Bonchev–Trinajstić information content (AvgIpc) is 2.71. The molecule has 0 saturated carbocycles. The largest absolute Gasteiger partial charge is 0.423 e. The first-order chi connectivity index (χ1) is 8.36. The molecule has 0 bridgehead atoms. The molecule has 18 heavy (non-hydrogen) atoms. The summed E-state index contributed by atoms with van der Waals surface area (Å²) in [6, 6.07) is 1.03. The molecular weight excluding hydrogens is 228 g/mol. The van der Waals surface area contributed by atoms with E-state index in [-0.39, 0.29) is 5.41 Å². The molecule has 0 spiro atoms. The Labute approximate surface area is 109 Å². The summed E-state index contributed by atoms with van der Waals surface area (Å²) in [6.45, 7) is 13.5. The Morgan fingerprint density at radius 2 is 2.06 bits per heavy atom. The Morgan fingerprint density at radius 3 is 2.67 bits per heavy atom. The minimum absolute atomic E-state index is 0.0758. The zero-order valence-electron chi connectivity index (χ0n) is 12.0. The van der Waals surface area contributed by atoms with E-state index in [0.29, 0.717) is 18.0 Å². The third kappa shape index (κ3) is 3.09. The van der Waals surface area contributed by atoms with E-state index in [1.54, 1.807) is 0 Å². The Bertz CT molecular complexity index is 396. The highest BCUT2D eigenvalue weighted by atomic mass is 16.4. The maximum Gasteiger partial charge on any atom is 0.230 e. The van der Waals surface area contributed by atoms with Crippen LogP contribution in [-0.2, 0) is 12.0 Å². The number of nitrogens with one attached hydrogen (secondary N) is 1. The van der Waals surface area contributed by atoms with E-state index in [9.17, 15) is 0 Å². The van der Waals surface area contributed by atoms with Crippen LogP contribution in [0.2, 0.25) is 0 Å². The molecule has 0 aliphatic carbocycles. The summed E-state index contributed by atoms with van der Waals surface area (Å²) >= 11 is 0. The standard InChI is InChI=1S/C13H24N4O/c1-9-7-17(10(2)6-14-9)8-11-15-16-12(18-11)13(3,4)5/h9-10,14H,6-8H2,1-5H3. The Kier molecular flexibility index (Phi) is 3.73. The smallest absolute Gasteiger partial charge is 0.230 e. The third-order valence-corrected chi connectivity index (χ3v) is 3.34. The van der Waals surface area contributed by atoms with Gasteiger partial charge in [0.25, 0.3) is 0 Å². The maximum absolute atomic E-state index is 5.75. The topological polar surface area (TPSA) is 54.2 Å². The van der Waals surface area contributed by atoms with Gasteiger partial charge in [-0.1, -0.05) is 20.8 Å². The fraction of sp³-hybridized carbons (Fsp3) is 0.846. The van der Waals surface area contributed by atoms with E-state index in [4.69, 9.17) is 4.42 Å². The van der Waals surface area contributed by atoms with Gasteiger partial charge in [0.1, 0.15) is 0 Å². The van der Waals surface area contributed by atoms with Crippen molar-refractivity contribution in [3.05, 3.63) is 11.8 Å². The molecule has 0 aromatic carbocycles. The van der Waals surface area contributed by atoms with E-state index in [0.717, 1.165) is 25.5 Å². The van der Waals surface area contributed by atoms with Crippen LogP contribution in [-0.4, -0.2) is 40.3 Å². The maximum atomic E-state index is 5.75. The molecule has 1 aromatic rings. The Morgan fingerprint density at radius 1 is 1.33 bits per heavy atom. The second-order valence-electron chi connectivity index (χ2n) is 6.34. The quantitative estimate of drug-likeness (QED) is 0.865. The van der Waals surface area contributed by atoms with Crippen LogP contribution in [0.4, 0.5) is 0 Å². The molecule has 5 heteroatoms. The molecule has 102 valence electrons. The van der Waals surface area contributed by atoms with Gasteiger partial charge in [0.2, 0.25) is 11.8 Å². The minimum Gasteiger partial charge on any atom is -0.423 e. The first-order valence-electron chi connectivity index (χ1n) is 6.66. The van der Waals surface area contributed by atoms with Gasteiger partial charge in [-0.05, 0) is 13.8 Å². The summed E-state index contributed by atoms with van der Waals surface area (Å²) in [7, 11) is 0. The normalized spacial score (nSPS) is 26.5. The van der Waals surface area contributed by atoms with Crippen molar-refractivity contribution in [2.24, 2.45) is 0 Å². The van der Waals surface area contributed by atoms with Gasteiger partial charge in [-0.3, -0.25) is 4.90 Å². The average molecular weight is 252 g/mol. The van der Waals surface area contributed by atoms with Gasteiger partial charge in [-0.2, -0.15) is 0 Å². The summed E-state index contributed by atoms with van der Waals surface area (Å²) in [5.74, 6) is 1.44. The SMILES string of the molecule is CC1CN(Cc2nnc(C(C)(C)C)o2)C(C)CN1. The predicted molar refractivity (Wildman–Crippen MR) is 70.3 cm³/mol. The van der Waals surface area contributed by atoms with Gasteiger partial charge in [0, 0.05) is 30.6 Å². The summed E-state index contributed by atoms with van der Waals surface area (Å²) < 4.78 is 5.75. The molecule has 1 fully saturated rings. The van der Waals surface area contributed by atoms with Gasteiger partial charge in [0.05, 0.1) is 6.54 Å². The lowest BCUT2D eigenvalue weighted by Crippen LogP contribution is -2.53. The van der Waals surface area contributed by atoms with Crippen molar-refractivity contribution < 1.29 is 4.42 Å². The van der Waals surface area contributed by atoms with Crippen molar-refractivity contribution in [3.63, 3.8) is 0 Å². The number of piperazine rings is 1. The van der Waals surface area contributed by atoms with Crippen molar-refractivity contribution in [1.82, 2.24) is 20.4 Å². The van der Waals surface area contributed by atoms with E-state index in [1.807, 2.05) is 0 Å². The lowest BCUT2D eigenvalue weighted by molar-refractivity contribution is 0.125. The summed E-state index contributed by atoms with van der Waals surface area (Å²) in [5.41, 5.74) is -0.0758. The van der Waals surface area contributed by atoms with Crippen molar-refractivity contribution >= 4 is 0 Å². The lowest BCUT2D eigenvalue weighted by Gasteiger charge is -2.36. The molecule has 0 radical (unpaired) electrons. The van der Waals surface area contributed by atoms with Gasteiger partial charge in [0.15, 0.2) is 0 Å². The number of aromatic nitrogens is 2. The van der Waals surface area contributed by atoms with Crippen LogP contribution in [0.1, 0.15) is 46.4 Å². The van der Waals surface area contributed by atoms with Gasteiger partial charge in [-0.15, -0.1) is 10.2 Å². The third-order valence-electron chi connectivity index (χ3n) is 3.34. The molecule has 2 heterocycles. The predicted octanol–water partition coefficient (Wildman–Crippen LogP) is 1.55. The summed E-state index contributed by atoms with van der Waals surface area (Å²) in [6.07, 6.45) is 0. The first-order valence-corrected chi connectivity index (χ1v) is 6.66. The molecule has 1 aliphatic heterocycles. The van der Waals surface area contributed by atoms with Crippen LogP contribution >= 0.6 is 0 Å². The Balaban J connectivity index is 2.02. The summed E-state index contributed by atoms with van der Waals surface area (Å²) in [5, 5.41) is 11.8. The van der Waals surface area contributed by atoms with Crippen molar-refractivity contribution in [1.29, 1.82) is 0 Å². The number of hydrogen-bond acceptors (Lipinski definition) is 5. The zero-order valence-corrected chi connectivity index (χ0v) is 12.0. The minimum atomic E-state index is -0.0758. The second-order valence-corrected chi connectivity index (χ2v) is 6.34. The van der Waals surface area contributed by atoms with Crippen molar-refractivity contribution in [2.45, 2.75) is 58.7 Å². The highest BCUT2D eigenvalue weighted by Gasteiger charge is 2.26. The van der Waals surface area contributed by atoms with Gasteiger partial charge >= 0.3 is 0 Å². The van der Waals surface area contributed by atoms with Crippen LogP contribution in [0, 0.1) is 0 Å². The van der Waals surface area contributed by atoms with Crippen LogP contribution in [0.5, 0.6) is 0 Å². The monoisotopic (exact) mass is 252 g/mol. The molecule has 1 aromatic heterocycles. The van der Waals surface area contributed by atoms with E-state index >= 15 is 0 Å². The highest BCUT2D eigenvalue weighted by molar-refractivity contribution is 4.96. The fourth-order valence-electron chi connectivity index (χ4n) is 2.11. The Hall–Kier alpha value is -0.940. The first kappa shape index (κ1) is 13.5. The lowest BCUT2D eigenvalue weighted by atomic mass is 9.97. The van der Waals surface area contributed by atoms with Crippen molar-refractivity contribution in [2.75, 3.05) is 13.1 Å². The molecule has 1 N–H and O–H groups in total. The van der Waals surface area contributed by atoms with Gasteiger partial charge in [-0.25, -0.2) is 0 Å². The number of rotatable bonds is 2. The molecule has 2 rings (SSSR count). The molecule has 1 aliphatic rings. The molecular formula is C13H24N4O. The molecule has 2 atom stereocenters.